The Balaban J connectivity index is 2.05. The highest BCUT2D eigenvalue weighted by molar-refractivity contribution is 6.59. The van der Waals surface area contributed by atoms with Crippen LogP contribution in [0.4, 0.5) is 4.79 Å². The van der Waals surface area contributed by atoms with Crippen LogP contribution in [-0.4, -0.2) is 24.2 Å². The molecule has 0 atom stereocenters. The third kappa shape index (κ3) is 1.84. The zero-order valence-corrected chi connectivity index (χ0v) is 10.8. The number of benzene rings is 2. The monoisotopic (exact) mass is 268 g/mol. The predicted octanol–water partition coefficient (Wildman–Crippen LogP) is 2.49. The first-order chi connectivity index (χ1) is 9.72. The molecule has 3 rings (SSSR count). The Kier molecular flexibility index (Phi) is 2.95. The standard InChI is InChI=1S/C15H12N2O3/c1-2-20-15(19)17-16-13-10-7-3-5-9-6-4-8-11(12(9)10)14(13)18/h3-8H,2H2,1H3,(H,17,19). The molecule has 0 bridgehead atoms. The van der Waals surface area contributed by atoms with Crippen LogP contribution in [0.3, 0.4) is 0 Å². The van der Waals surface area contributed by atoms with Gasteiger partial charge in [-0.1, -0.05) is 36.4 Å². The number of ketones is 1. The molecule has 0 saturated carbocycles. The van der Waals surface area contributed by atoms with Crippen molar-refractivity contribution < 1.29 is 14.3 Å². The summed E-state index contributed by atoms with van der Waals surface area (Å²) in [5.74, 6) is -0.186. The molecule has 0 radical (unpaired) electrons. The fourth-order valence-corrected chi connectivity index (χ4v) is 2.35. The van der Waals surface area contributed by atoms with Crippen molar-refractivity contribution in [2.24, 2.45) is 5.10 Å². The van der Waals surface area contributed by atoms with Gasteiger partial charge in [-0.3, -0.25) is 4.79 Å². The molecule has 0 unspecified atom stereocenters. The summed E-state index contributed by atoms with van der Waals surface area (Å²) in [7, 11) is 0. The third-order valence-corrected chi connectivity index (χ3v) is 3.15. The molecular formula is C15H12N2O3. The molecule has 2 aromatic rings. The maximum absolute atomic E-state index is 12.3. The lowest BCUT2D eigenvalue weighted by molar-refractivity contribution is 0.106. The van der Waals surface area contributed by atoms with E-state index in [0.717, 1.165) is 16.3 Å². The highest BCUT2D eigenvalue weighted by atomic mass is 16.5. The van der Waals surface area contributed by atoms with Crippen LogP contribution < -0.4 is 5.43 Å². The summed E-state index contributed by atoms with van der Waals surface area (Å²) in [5, 5.41) is 5.77. The first kappa shape index (κ1) is 12.3. The first-order valence-electron chi connectivity index (χ1n) is 6.29. The molecule has 2 aromatic carbocycles. The van der Waals surface area contributed by atoms with Crippen molar-refractivity contribution in [3.05, 3.63) is 47.5 Å². The number of hydrogen-bond acceptors (Lipinski definition) is 4. The van der Waals surface area contributed by atoms with Gasteiger partial charge in [0.25, 0.3) is 0 Å². The Bertz CT molecular complexity index is 745. The molecule has 0 heterocycles. The number of hydrogen-bond donors (Lipinski definition) is 1. The molecule has 1 aliphatic carbocycles. The van der Waals surface area contributed by atoms with E-state index in [4.69, 9.17) is 4.74 Å². The van der Waals surface area contributed by atoms with Crippen LogP contribution in [0.5, 0.6) is 0 Å². The first-order valence-corrected chi connectivity index (χ1v) is 6.29. The molecule has 20 heavy (non-hydrogen) atoms. The van der Waals surface area contributed by atoms with Crippen LogP contribution in [-0.2, 0) is 4.74 Å². The van der Waals surface area contributed by atoms with Gasteiger partial charge in [0.05, 0.1) is 6.61 Å². The van der Waals surface area contributed by atoms with Gasteiger partial charge in [-0.05, 0) is 12.3 Å². The normalized spacial score (nSPS) is 14.8. The maximum Gasteiger partial charge on any atom is 0.427 e. The van der Waals surface area contributed by atoms with Gasteiger partial charge in [0.2, 0.25) is 5.78 Å². The molecule has 0 aromatic heterocycles. The lowest BCUT2D eigenvalue weighted by Crippen LogP contribution is -2.22. The number of carbonyl (C=O) groups is 2. The van der Waals surface area contributed by atoms with Crippen LogP contribution in [0.25, 0.3) is 10.8 Å². The SMILES string of the molecule is CCOC(=O)NN=C1C(=O)c2cccc3cccc1c23. The second kappa shape index (κ2) is 4.77. The minimum Gasteiger partial charge on any atom is -0.449 e. The summed E-state index contributed by atoms with van der Waals surface area (Å²) in [6, 6.07) is 11.2. The lowest BCUT2D eigenvalue weighted by Gasteiger charge is -2.01. The average Bonchev–Trinajstić information content (AvgIpc) is 2.73. The van der Waals surface area contributed by atoms with Crippen molar-refractivity contribution in [2.45, 2.75) is 6.92 Å². The van der Waals surface area contributed by atoms with E-state index in [-0.39, 0.29) is 18.1 Å². The number of rotatable bonds is 2. The molecule has 1 aliphatic rings. The van der Waals surface area contributed by atoms with E-state index in [2.05, 4.69) is 10.5 Å². The minimum absolute atomic E-state index is 0.186. The van der Waals surface area contributed by atoms with Crippen molar-refractivity contribution in [1.29, 1.82) is 0 Å². The zero-order valence-electron chi connectivity index (χ0n) is 10.8. The largest absolute Gasteiger partial charge is 0.449 e. The van der Waals surface area contributed by atoms with Crippen molar-refractivity contribution in [1.82, 2.24) is 5.43 Å². The molecule has 5 nitrogen and oxygen atoms in total. The number of Topliss-reactive ketones (excluding diaryl/α,β-unsaturated/α-hetero) is 1. The second-order valence-electron chi connectivity index (χ2n) is 4.33. The third-order valence-electron chi connectivity index (χ3n) is 3.15. The molecule has 0 fully saturated rings. The van der Waals surface area contributed by atoms with E-state index in [1.165, 1.54) is 0 Å². The number of ether oxygens (including phenoxy) is 1. The van der Waals surface area contributed by atoms with Gasteiger partial charge in [-0.15, -0.1) is 0 Å². The molecule has 1 N–H and O–H groups in total. The van der Waals surface area contributed by atoms with Gasteiger partial charge in [-0.2, -0.15) is 5.10 Å². The van der Waals surface area contributed by atoms with Gasteiger partial charge >= 0.3 is 6.09 Å². The quantitative estimate of drug-likeness (QED) is 0.851. The zero-order chi connectivity index (χ0) is 14.1. The second-order valence-corrected chi connectivity index (χ2v) is 4.33. The molecular weight excluding hydrogens is 256 g/mol. The summed E-state index contributed by atoms with van der Waals surface area (Å²) >= 11 is 0. The lowest BCUT2D eigenvalue weighted by atomic mass is 10.1. The summed E-state index contributed by atoms with van der Waals surface area (Å²) < 4.78 is 4.72. The van der Waals surface area contributed by atoms with Crippen LogP contribution in [0.2, 0.25) is 0 Å². The van der Waals surface area contributed by atoms with Gasteiger partial charge in [-0.25, -0.2) is 10.2 Å². The molecule has 5 heteroatoms. The molecule has 0 spiro atoms. The van der Waals surface area contributed by atoms with Crippen molar-refractivity contribution in [2.75, 3.05) is 6.61 Å². The van der Waals surface area contributed by atoms with Crippen molar-refractivity contribution in [3.63, 3.8) is 0 Å². The predicted molar refractivity (Wildman–Crippen MR) is 75.0 cm³/mol. The Morgan fingerprint density at radius 3 is 2.60 bits per heavy atom. The Morgan fingerprint density at radius 2 is 1.90 bits per heavy atom. The fourth-order valence-electron chi connectivity index (χ4n) is 2.35. The highest BCUT2D eigenvalue weighted by Gasteiger charge is 2.28. The van der Waals surface area contributed by atoms with E-state index in [1.54, 1.807) is 13.0 Å². The molecule has 1 amide bonds. The van der Waals surface area contributed by atoms with Crippen LogP contribution in [0.15, 0.2) is 41.5 Å². The summed E-state index contributed by atoms with van der Waals surface area (Å²) in [6.07, 6.45) is -0.670. The maximum atomic E-state index is 12.3. The smallest absolute Gasteiger partial charge is 0.427 e. The number of nitrogens with one attached hydrogen (secondary N) is 1. The van der Waals surface area contributed by atoms with E-state index < -0.39 is 6.09 Å². The summed E-state index contributed by atoms with van der Waals surface area (Å²) in [5.41, 5.74) is 3.83. The Morgan fingerprint density at radius 1 is 1.20 bits per heavy atom. The molecule has 100 valence electrons. The van der Waals surface area contributed by atoms with Crippen molar-refractivity contribution in [3.8, 4) is 0 Å². The van der Waals surface area contributed by atoms with Crippen molar-refractivity contribution >= 4 is 28.4 Å². The van der Waals surface area contributed by atoms with Gasteiger partial charge < -0.3 is 4.74 Å². The highest BCUT2D eigenvalue weighted by Crippen LogP contribution is 2.30. The number of carbonyl (C=O) groups excluding carboxylic acids is 2. The van der Waals surface area contributed by atoms with Crippen LogP contribution >= 0.6 is 0 Å². The average molecular weight is 268 g/mol. The molecule has 0 saturated heterocycles. The number of nitrogens with zero attached hydrogens (tertiary/aromatic N) is 1. The number of amides is 1. The van der Waals surface area contributed by atoms with E-state index in [0.29, 0.717) is 5.56 Å². The Hall–Kier alpha value is -2.69. The number of hydrazone groups is 1. The van der Waals surface area contributed by atoms with Gasteiger partial charge in [0, 0.05) is 16.5 Å². The topological polar surface area (TPSA) is 67.8 Å². The summed E-state index contributed by atoms with van der Waals surface area (Å²) in [4.78, 5) is 23.6. The van der Waals surface area contributed by atoms with E-state index >= 15 is 0 Å². The van der Waals surface area contributed by atoms with Gasteiger partial charge in [0.15, 0.2) is 0 Å². The van der Waals surface area contributed by atoms with E-state index in [1.807, 2.05) is 30.3 Å². The van der Waals surface area contributed by atoms with Crippen LogP contribution in [0, 0.1) is 0 Å². The van der Waals surface area contributed by atoms with E-state index in [9.17, 15) is 9.59 Å². The van der Waals surface area contributed by atoms with Gasteiger partial charge in [0.1, 0.15) is 5.71 Å². The fraction of sp³-hybridized carbons (Fsp3) is 0.133. The Labute approximate surface area is 115 Å². The van der Waals surface area contributed by atoms with Crippen LogP contribution in [0.1, 0.15) is 22.8 Å². The molecule has 0 aliphatic heterocycles. The minimum atomic E-state index is -0.670. The summed E-state index contributed by atoms with van der Waals surface area (Å²) in [6.45, 7) is 1.95.